The molecule has 0 saturated carbocycles. The Kier molecular flexibility index (Phi) is 46.6. The highest BCUT2D eigenvalue weighted by atomic mass is 16.6. The first-order valence-corrected chi connectivity index (χ1v) is 27.2. The zero-order valence-electron chi connectivity index (χ0n) is 41.8. The summed E-state index contributed by atoms with van der Waals surface area (Å²) in [6.07, 6.45) is 49.6. The Balaban J connectivity index is 4.19. The fourth-order valence-electron chi connectivity index (χ4n) is 8.34. The monoisotopic (exact) mass is 863 g/mol. The second-order valence-electron chi connectivity index (χ2n) is 19.8. The largest absolute Gasteiger partial charge is 0.462 e. The van der Waals surface area contributed by atoms with Gasteiger partial charge in [-0.15, -0.1) is 0 Å². The molecule has 6 nitrogen and oxygen atoms in total. The lowest BCUT2D eigenvalue weighted by Gasteiger charge is -2.18. The van der Waals surface area contributed by atoms with Crippen molar-refractivity contribution in [2.75, 3.05) is 13.2 Å². The van der Waals surface area contributed by atoms with Crippen LogP contribution in [0, 0.1) is 11.8 Å². The number of rotatable bonds is 49. The smallest absolute Gasteiger partial charge is 0.306 e. The number of hydrogen-bond donors (Lipinski definition) is 0. The van der Waals surface area contributed by atoms with E-state index in [9.17, 15) is 14.4 Å². The number of carbonyl (C=O) groups is 3. The van der Waals surface area contributed by atoms with E-state index in [0.29, 0.717) is 19.3 Å². The Morgan fingerprint density at radius 1 is 0.311 bits per heavy atom. The second-order valence-corrected chi connectivity index (χ2v) is 19.8. The van der Waals surface area contributed by atoms with Crippen LogP contribution in [0.2, 0.25) is 0 Å². The molecule has 0 amide bonds. The fourth-order valence-corrected chi connectivity index (χ4v) is 8.34. The molecule has 0 saturated heterocycles. The first-order chi connectivity index (χ1) is 29.7. The van der Waals surface area contributed by atoms with Crippen molar-refractivity contribution in [1.82, 2.24) is 0 Å². The molecular weight excluding hydrogens is 757 g/mol. The molecule has 1 atom stereocenters. The molecule has 0 heterocycles. The SMILES string of the molecule is CCCCCCCCCCCCC(=O)OC[C@H](COC(=O)CCCCCCCCCCCCCCCCCCCCC(C)C)OC(=O)CCCCCCCCCCCC(C)C. The summed E-state index contributed by atoms with van der Waals surface area (Å²) >= 11 is 0. The van der Waals surface area contributed by atoms with Gasteiger partial charge in [0.1, 0.15) is 13.2 Å². The van der Waals surface area contributed by atoms with E-state index in [2.05, 4.69) is 34.6 Å². The van der Waals surface area contributed by atoms with Crippen molar-refractivity contribution in [3.63, 3.8) is 0 Å². The van der Waals surface area contributed by atoms with Gasteiger partial charge in [-0.3, -0.25) is 14.4 Å². The van der Waals surface area contributed by atoms with Gasteiger partial charge >= 0.3 is 17.9 Å². The molecule has 0 aliphatic rings. The zero-order valence-corrected chi connectivity index (χ0v) is 41.8. The van der Waals surface area contributed by atoms with E-state index >= 15 is 0 Å². The Morgan fingerprint density at radius 3 is 0.803 bits per heavy atom. The minimum absolute atomic E-state index is 0.0635. The molecule has 0 unspecified atom stereocenters. The van der Waals surface area contributed by atoms with E-state index in [1.807, 2.05) is 0 Å². The third-order valence-electron chi connectivity index (χ3n) is 12.5. The predicted octanol–water partition coefficient (Wildman–Crippen LogP) is 17.7. The molecular formula is C55H106O6. The van der Waals surface area contributed by atoms with Gasteiger partial charge in [-0.25, -0.2) is 0 Å². The van der Waals surface area contributed by atoms with Gasteiger partial charge in [0, 0.05) is 19.3 Å². The van der Waals surface area contributed by atoms with Crippen molar-refractivity contribution in [3.05, 3.63) is 0 Å². The van der Waals surface area contributed by atoms with E-state index in [4.69, 9.17) is 14.2 Å². The molecule has 362 valence electrons. The molecule has 0 aliphatic carbocycles. The minimum Gasteiger partial charge on any atom is -0.462 e. The average molecular weight is 863 g/mol. The molecule has 0 aliphatic heterocycles. The maximum Gasteiger partial charge on any atom is 0.306 e. The van der Waals surface area contributed by atoms with Crippen molar-refractivity contribution in [2.45, 2.75) is 310 Å². The van der Waals surface area contributed by atoms with Gasteiger partial charge in [0.15, 0.2) is 6.10 Å². The third-order valence-corrected chi connectivity index (χ3v) is 12.5. The number of ether oxygens (including phenoxy) is 3. The molecule has 0 rings (SSSR count). The van der Waals surface area contributed by atoms with Crippen molar-refractivity contribution < 1.29 is 28.6 Å². The zero-order chi connectivity index (χ0) is 44.7. The predicted molar refractivity (Wildman–Crippen MR) is 261 cm³/mol. The first-order valence-electron chi connectivity index (χ1n) is 27.2. The van der Waals surface area contributed by atoms with Gasteiger partial charge < -0.3 is 14.2 Å². The summed E-state index contributed by atoms with van der Waals surface area (Å²) in [4.78, 5) is 37.9. The normalized spacial score (nSPS) is 12.0. The minimum atomic E-state index is -0.761. The van der Waals surface area contributed by atoms with E-state index in [0.717, 1.165) is 69.6 Å². The quantitative estimate of drug-likeness (QED) is 0.0344. The number of hydrogen-bond acceptors (Lipinski definition) is 6. The van der Waals surface area contributed by atoms with Crippen molar-refractivity contribution in [3.8, 4) is 0 Å². The molecule has 0 fully saturated rings. The molecule has 0 aromatic rings. The van der Waals surface area contributed by atoms with E-state index in [-0.39, 0.29) is 31.1 Å². The molecule has 61 heavy (non-hydrogen) atoms. The topological polar surface area (TPSA) is 78.9 Å². The summed E-state index contributed by atoms with van der Waals surface area (Å²) in [5.74, 6) is 0.817. The maximum atomic E-state index is 12.8. The summed E-state index contributed by atoms with van der Waals surface area (Å²) in [6, 6.07) is 0. The Bertz CT molecular complexity index is 931. The first kappa shape index (κ1) is 59.4. The fraction of sp³-hybridized carbons (Fsp3) is 0.945. The average Bonchev–Trinajstić information content (AvgIpc) is 3.23. The summed E-state index contributed by atoms with van der Waals surface area (Å²) in [5, 5.41) is 0. The number of esters is 3. The van der Waals surface area contributed by atoms with Crippen molar-refractivity contribution in [2.24, 2.45) is 11.8 Å². The molecule has 0 bridgehead atoms. The van der Waals surface area contributed by atoms with E-state index in [1.165, 1.54) is 193 Å². The van der Waals surface area contributed by atoms with Crippen LogP contribution in [0.5, 0.6) is 0 Å². The number of carbonyl (C=O) groups excluding carboxylic acids is 3. The lowest BCUT2D eigenvalue weighted by atomic mass is 10.0. The molecule has 0 aromatic heterocycles. The van der Waals surface area contributed by atoms with Crippen LogP contribution < -0.4 is 0 Å². The van der Waals surface area contributed by atoms with Crippen LogP contribution in [-0.4, -0.2) is 37.2 Å². The Hall–Kier alpha value is -1.59. The van der Waals surface area contributed by atoms with Gasteiger partial charge in [-0.2, -0.15) is 0 Å². The van der Waals surface area contributed by atoms with Crippen LogP contribution in [0.3, 0.4) is 0 Å². The van der Waals surface area contributed by atoms with Crippen LogP contribution >= 0.6 is 0 Å². The van der Waals surface area contributed by atoms with Crippen LogP contribution in [0.4, 0.5) is 0 Å². The third kappa shape index (κ3) is 49.3. The van der Waals surface area contributed by atoms with Crippen LogP contribution in [0.1, 0.15) is 304 Å². The molecule has 0 N–H and O–H groups in total. The molecule has 0 aromatic carbocycles. The summed E-state index contributed by atoms with van der Waals surface area (Å²) < 4.78 is 16.8. The lowest BCUT2D eigenvalue weighted by molar-refractivity contribution is -0.167. The Morgan fingerprint density at radius 2 is 0.541 bits per heavy atom. The summed E-state index contributed by atoms with van der Waals surface area (Å²) in [7, 11) is 0. The highest BCUT2D eigenvalue weighted by molar-refractivity contribution is 5.71. The highest BCUT2D eigenvalue weighted by Crippen LogP contribution is 2.18. The highest BCUT2D eigenvalue weighted by Gasteiger charge is 2.19. The summed E-state index contributed by atoms with van der Waals surface area (Å²) in [6.45, 7) is 11.4. The van der Waals surface area contributed by atoms with Crippen LogP contribution in [-0.2, 0) is 28.6 Å². The maximum absolute atomic E-state index is 12.8. The van der Waals surface area contributed by atoms with Crippen molar-refractivity contribution in [1.29, 1.82) is 0 Å². The molecule has 6 heteroatoms. The molecule has 0 spiro atoms. The van der Waals surface area contributed by atoms with Gasteiger partial charge in [0.2, 0.25) is 0 Å². The second kappa shape index (κ2) is 47.9. The van der Waals surface area contributed by atoms with Crippen LogP contribution in [0.15, 0.2) is 0 Å². The van der Waals surface area contributed by atoms with Gasteiger partial charge in [0.25, 0.3) is 0 Å². The molecule has 0 radical (unpaired) electrons. The number of unbranched alkanes of at least 4 members (excludes halogenated alkanes) is 34. The summed E-state index contributed by atoms with van der Waals surface area (Å²) in [5.41, 5.74) is 0. The van der Waals surface area contributed by atoms with Crippen LogP contribution in [0.25, 0.3) is 0 Å². The van der Waals surface area contributed by atoms with E-state index in [1.54, 1.807) is 0 Å². The van der Waals surface area contributed by atoms with Gasteiger partial charge in [0.05, 0.1) is 0 Å². The van der Waals surface area contributed by atoms with Gasteiger partial charge in [-0.05, 0) is 31.1 Å². The Labute approximate surface area is 380 Å². The lowest BCUT2D eigenvalue weighted by Crippen LogP contribution is -2.30. The van der Waals surface area contributed by atoms with Crippen molar-refractivity contribution >= 4 is 17.9 Å². The standard InChI is InChI=1S/C55H106O6/c1-6-7-8-9-10-11-25-30-35-40-45-53(56)59-48-52(61-55(58)47-42-37-32-27-22-24-29-34-39-44-51(4)5)49-60-54(57)46-41-36-31-26-21-19-17-15-13-12-14-16-18-20-23-28-33-38-43-50(2)3/h50-52H,6-49H2,1-5H3/t52-/m1/s1. The van der Waals surface area contributed by atoms with E-state index < -0.39 is 6.10 Å². The van der Waals surface area contributed by atoms with Gasteiger partial charge in [-0.1, -0.05) is 266 Å².